The Kier molecular flexibility index (Phi) is 6.45. The van der Waals surface area contributed by atoms with Crippen molar-refractivity contribution in [2.45, 2.75) is 32.6 Å². The molecule has 28 heavy (non-hydrogen) atoms. The Morgan fingerprint density at radius 1 is 1.21 bits per heavy atom. The van der Waals surface area contributed by atoms with E-state index in [1.54, 1.807) is 24.3 Å². The van der Waals surface area contributed by atoms with Crippen LogP contribution in [-0.4, -0.2) is 11.7 Å². The van der Waals surface area contributed by atoms with Crippen LogP contribution in [0.25, 0.3) is 0 Å². The second-order valence-electron chi connectivity index (χ2n) is 7.40. The van der Waals surface area contributed by atoms with E-state index < -0.39 is 5.97 Å². The molecule has 0 saturated heterocycles. The van der Waals surface area contributed by atoms with E-state index in [0.29, 0.717) is 5.56 Å². The molecule has 1 fully saturated rings. The van der Waals surface area contributed by atoms with Crippen LogP contribution in [-0.2, 0) is 4.84 Å². The van der Waals surface area contributed by atoms with Crippen molar-refractivity contribution in [3.63, 3.8) is 0 Å². The predicted octanol–water partition coefficient (Wildman–Crippen LogP) is 5.63. The molecule has 0 amide bonds. The Balaban J connectivity index is 1.58. The molecular weight excluding hydrogens is 346 g/mol. The summed E-state index contributed by atoms with van der Waals surface area (Å²) in [7, 11) is 0. The summed E-state index contributed by atoms with van der Waals surface area (Å²) in [6.07, 6.45) is 5.37. The van der Waals surface area contributed by atoms with Gasteiger partial charge in [0.05, 0.1) is 11.3 Å². The van der Waals surface area contributed by atoms with Gasteiger partial charge in [-0.2, -0.15) is 0 Å². The molecule has 142 valence electrons. The SMILES string of the molecule is C=CCC1/C(=N\OC(=O)c2ccccc2)CC1(C)CCC#Cc1ccccc1. The van der Waals surface area contributed by atoms with E-state index in [-0.39, 0.29) is 11.3 Å². The molecule has 0 aliphatic heterocycles. The Bertz CT molecular complexity index is 906. The van der Waals surface area contributed by atoms with Crippen molar-refractivity contribution >= 4 is 11.7 Å². The van der Waals surface area contributed by atoms with Crippen LogP contribution in [0.3, 0.4) is 0 Å². The fourth-order valence-electron chi connectivity index (χ4n) is 3.64. The Hall–Kier alpha value is -3.12. The number of carbonyl (C=O) groups excluding carboxylic acids is 1. The van der Waals surface area contributed by atoms with Gasteiger partial charge in [0.2, 0.25) is 0 Å². The summed E-state index contributed by atoms with van der Waals surface area (Å²) in [5.41, 5.74) is 2.59. The van der Waals surface area contributed by atoms with E-state index in [4.69, 9.17) is 4.84 Å². The second-order valence-corrected chi connectivity index (χ2v) is 7.40. The van der Waals surface area contributed by atoms with E-state index in [1.807, 2.05) is 42.5 Å². The fraction of sp³-hybridized carbons (Fsp3) is 0.280. The molecule has 0 heterocycles. The average molecular weight is 371 g/mol. The molecule has 2 aromatic rings. The zero-order valence-electron chi connectivity index (χ0n) is 16.2. The second kappa shape index (κ2) is 9.19. The van der Waals surface area contributed by atoms with Crippen LogP contribution in [0, 0.1) is 23.2 Å². The molecule has 3 heteroatoms. The van der Waals surface area contributed by atoms with Crippen LogP contribution < -0.4 is 0 Å². The summed E-state index contributed by atoms with van der Waals surface area (Å²) in [4.78, 5) is 17.3. The first-order valence-electron chi connectivity index (χ1n) is 9.60. The molecule has 2 unspecified atom stereocenters. The fourth-order valence-corrected chi connectivity index (χ4v) is 3.64. The first-order chi connectivity index (χ1) is 13.6. The van der Waals surface area contributed by atoms with Crippen LogP contribution in [0.2, 0.25) is 0 Å². The maximum atomic E-state index is 12.1. The van der Waals surface area contributed by atoms with E-state index in [0.717, 1.165) is 37.0 Å². The lowest BCUT2D eigenvalue weighted by molar-refractivity contribution is 0.0492. The molecule has 0 bridgehead atoms. The minimum Gasteiger partial charge on any atom is -0.313 e. The number of nitrogens with zero attached hydrogens (tertiary/aromatic N) is 1. The van der Waals surface area contributed by atoms with Gasteiger partial charge in [-0.3, -0.25) is 0 Å². The van der Waals surface area contributed by atoms with Crippen LogP contribution in [0.1, 0.15) is 48.5 Å². The molecule has 3 rings (SSSR count). The monoisotopic (exact) mass is 371 g/mol. The minimum atomic E-state index is -0.423. The maximum Gasteiger partial charge on any atom is 0.365 e. The largest absolute Gasteiger partial charge is 0.365 e. The third kappa shape index (κ3) is 4.78. The third-order valence-corrected chi connectivity index (χ3v) is 5.31. The average Bonchev–Trinajstić information content (AvgIpc) is 2.73. The van der Waals surface area contributed by atoms with Gasteiger partial charge >= 0.3 is 5.97 Å². The van der Waals surface area contributed by atoms with E-state index in [1.165, 1.54) is 0 Å². The normalized spacial score (nSPS) is 21.9. The van der Waals surface area contributed by atoms with Gasteiger partial charge in [0, 0.05) is 17.9 Å². The summed E-state index contributed by atoms with van der Waals surface area (Å²) < 4.78 is 0. The van der Waals surface area contributed by atoms with Gasteiger partial charge in [0.15, 0.2) is 0 Å². The number of allylic oxidation sites excluding steroid dienone is 1. The van der Waals surface area contributed by atoms with Gasteiger partial charge in [0.25, 0.3) is 0 Å². The van der Waals surface area contributed by atoms with Gasteiger partial charge < -0.3 is 4.84 Å². The van der Waals surface area contributed by atoms with Gasteiger partial charge in [-0.15, -0.1) is 6.58 Å². The predicted molar refractivity (Wildman–Crippen MR) is 113 cm³/mol. The smallest absolute Gasteiger partial charge is 0.313 e. The van der Waals surface area contributed by atoms with Gasteiger partial charge in [0.1, 0.15) is 0 Å². The number of rotatable bonds is 6. The highest BCUT2D eigenvalue weighted by molar-refractivity contribution is 5.95. The lowest BCUT2D eigenvalue weighted by Gasteiger charge is -2.47. The van der Waals surface area contributed by atoms with E-state index >= 15 is 0 Å². The number of benzene rings is 2. The molecular formula is C25H25NO2. The molecule has 0 N–H and O–H groups in total. The third-order valence-electron chi connectivity index (χ3n) is 5.31. The summed E-state index contributed by atoms with van der Waals surface area (Å²) >= 11 is 0. The van der Waals surface area contributed by atoms with Crippen molar-refractivity contribution in [3.8, 4) is 11.8 Å². The Morgan fingerprint density at radius 2 is 1.89 bits per heavy atom. The van der Waals surface area contributed by atoms with Crippen LogP contribution >= 0.6 is 0 Å². The molecule has 2 atom stereocenters. The molecule has 1 saturated carbocycles. The van der Waals surface area contributed by atoms with Gasteiger partial charge in [-0.1, -0.05) is 66.4 Å². The molecule has 0 radical (unpaired) electrons. The van der Waals surface area contributed by atoms with Crippen LogP contribution in [0.4, 0.5) is 0 Å². The summed E-state index contributed by atoms with van der Waals surface area (Å²) in [6.45, 7) is 6.12. The number of carbonyl (C=O) groups is 1. The van der Waals surface area contributed by atoms with Crippen molar-refractivity contribution < 1.29 is 9.63 Å². The van der Waals surface area contributed by atoms with Crippen LogP contribution in [0.5, 0.6) is 0 Å². The van der Waals surface area contributed by atoms with Gasteiger partial charge in [-0.25, -0.2) is 4.79 Å². The van der Waals surface area contributed by atoms with Crippen molar-refractivity contribution in [2.75, 3.05) is 0 Å². The van der Waals surface area contributed by atoms with Crippen LogP contribution in [0.15, 0.2) is 78.5 Å². The number of hydrogen-bond acceptors (Lipinski definition) is 3. The summed E-state index contributed by atoms with van der Waals surface area (Å²) in [5, 5.41) is 4.16. The Morgan fingerprint density at radius 3 is 2.57 bits per heavy atom. The molecule has 1 aliphatic rings. The zero-order chi connectivity index (χ0) is 19.8. The van der Waals surface area contributed by atoms with Gasteiger partial charge in [-0.05, 0) is 48.9 Å². The first-order valence-corrected chi connectivity index (χ1v) is 9.60. The summed E-state index contributed by atoms with van der Waals surface area (Å²) in [6, 6.07) is 18.9. The topological polar surface area (TPSA) is 38.7 Å². The number of oxime groups is 1. The zero-order valence-corrected chi connectivity index (χ0v) is 16.2. The standard InChI is InChI=1S/C25H25NO2/c1-3-12-22-23(26-28-24(27)21-16-8-5-9-17-21)19-25(22,2)18-11-10-15-20-13-6-4-7-14-20/h3-9,13-14,16-17,22H,1,11-12,18-19H2,2H3/b26-23-. The maximum absolute atomic E-state index is 12.1. The van der Waals surface area contributed by atoms with Crippen molar-refractivity contribution in [1.82, 2.24) is 0 Å². The highest BCUT2D eigenvalue weighted by Gasteiger charge is 2.47. The molecule has 3 nitrogen and oxygen atoms in total. The van der Waals surface area contributed by atoms with E-state index in [9.17, 15) is 4.79 Å². The lowest BCUT2D eigenvalue weighted by Crippen LogP contribution is -2.46. The molecule has 2 aromatic carbocycles. The van der Waals surface area contributed by atoms with Crippen molar-refractivity contribution in [1.29, 1.82) is 0 Å². The van der Waals surface area contributed by atoms with E-state index in [2.05, 4.69) is 30.5 Å². The molecule has 1 aliphatic carbocycles. The minimum absolute atomic E-state index is 0.109. The quantitative estimate of drug-likeness (QED) is 0.285. The number of hydrogen-bond donors (Lipinski definition) is 0. The summed E-state index contributed by atoms with van der Waals surface area (Å²) in [5.74, 6) is 6.31. The Labute approximate surface area is 167 Å². The molecule has 0 spiro atoms. The molecule has 0 aromatic heterocycles. The lowest BCUT2D eigenvalue weighted by atomic mass is 9.57. The highest BCUT2D eigenvalue weighted by Crippen LogP contribution is 2.49. The van der Waals surface area contributed by atoms with Crippen molar-refractivity contribution in [2.24, 2.45) is 16.5 Å². The van der Waals surface area contributed by atoms with Crippen molar-refractivity contribution in [3.05, 3.63) is 84.4 Å². The first kappa shape index (κ1) is 19.6. The highest BCUT2D eigenvalue weighted by atomic mass is 16.7.